The van der Waals surface area contributed by atoms with Gasteiger partial charge in [-0.25, -0.2) is 0 Å². The molecule has 1 aromatic carbocycles. The second-order valence-electron chi connectivity index (χ2n) is 5.56. The molecule has 0 aliphatic rings. The monoisotopic (exact) mass is 289 g/mol. The van der Waals surface area contributed by atoms with Crippen molar-refractivity contribution in [3.05, 3.63) is 41.6 Å². The third-order valence-corrected chi connectivity index (χ3v) is 4.66. The zero-order chi connectivity index (χ0) is 14.5. The molecule has 0 aliphatic carbocycles. The molecule has 1 unspecified atom stereocenters. The van der Waals surface area contributed by atoms with Crippen LogP contribution in [-0.4, -0.2) is 16.5 Å². The minimum absolute atomic E-state index is 0.185. The normalized spacial score (nSPS) is 13.1. The maximum Gasteiger partial charge on any atom is 0.0705 e. The van der Waals surface area contributed by atoms with Gasteiger partial charge in [-0.3, -0.25) is 16.3 Å². The summed E-state index contributed by atoms with van der Waals surface area (Å²) in [4.78, 5) is 4.53. The van der Waals surface area contributed by atoms with Crippen molar-refractivity contribution in [2.45, 2.75) is 26.8 Å². The van der Waals surface area contributed by atoms with E-state index in [4.69, 9.17) is 5.84 Å². The zero-order valence-corrected chi connectivity index (χ0v) is 13.2. The molecule has 2 aromatic rings. The topological polar surface area (TPSA) is 50.9 Å². The number of nitrogens with two attached hydrogens (primary N) is 1. The first-order chi connectivity index (χ1) is 9.60. The molecule has 0 fully saturated rings. The first-order valence-electron chi connectivity index (χ1n) is 7.01. The average Bonchev–Trinajstić information content (AvgIpc) is 2.43. The first-order valence-corrected chi connectivity index (χ1v) is 8.17. The Morgan fingerprint density at radius 1 is 1.20 bits per heavy atom. The van der Waals surface area contributed by atoms with Gasteiger partial charge < -0.3 is 0 Å². The number of pyridine rings is 1. The number of hydrogen-bond acceptors (Lipinski definition) is 4. The van der Waals surface area contributed by atoms with E-state index in [0.717, 1.165) is 22.7 Å². The summed E-state index contributed by atoms with van der Waals surface area (Å²) in [6.07, 6.45) is 0. The van der Waals surface area contributed by atoms with Crippen molar-refractivity contribution in [3.63, 3.8) is 0 Å². The lowest BCUT2D eigenvalue weighted by Gasteiger charge is -2.17. The van der Waals surface area contributed by atoms with E-state index in [-0.39, 0.29) is 6.04 Å². The van der Waals surface area contributed by atoms with Crippen LogP contribution in [0.3, 0.4) is 0 Å². The second kappa shape index (κ2) is 7.07. The highest BCUT2D eigenvalue weighted by molar-refractivity contribution is 7.99. The van der Waals surface area contributed by atoms with Gasteiger partial charge in [0.1, 0.15) is 0 Å². The van der Waals surface area contributed by atoms with Crippen LogP contribution in [0.4, 0.5) is 0 Å². The number of nitrogens with zero attached hydrogens (tertiary/aromatic N) is 1. The Labute approximate surface area is 125 Å². The van der Waals surface area contributed by atoms with Gasteiger partial charge in [-0.15, -0.1) is 0 Å². The van der Waals surface area contributed by atoms with E-state index in [1.54, 1.807) is 0 Å². The predicted octanol–water partition coefficient (Wildman–Crippen LogP) is 3.44. The maximum absolute atomic E-state index is 5.71. The molecule has 3 nitrogen and oxygen atoms in total. The largest absolute Gasteiger partial charge is 0.271 e. The fraction of sp³-hybridized carbons (Fsp3) is 0.438. The van der Waals surface area contributed by atoms with Crippen LogP contribution in [-0.2, 0) is 0 Å². The van der Waals surface area contributed by atoms with Gasteiger partial charge in [0.25, 0.3) is 0 Å². The molecule has 20 heavy (non-hydrogen) atoms. The highest BCUT2D eigenvalue weighted by Gasteiger charge is 2.11. The Morgan fingerprint density at radius 2 is 2.00 bits per heavy atom. The van der Waals surface area contributed by atoms with E-state index in [1.807, 2.05) is 24.8 Å². The van der Waals surface area contributed by atoms with Gasteiger partial charge in [0, 0.05) is 16.8 Å². The van der Waals surface area contributed by atoms with Gasteiger partial charge >= 0.3 is 0 Å². The number of hydrogen-bond donors (Lipinski definition) is 2. The highest BCUT2D eigenvalue weighted by atomic mass is 32.2. The second-order valence-corrected chi connectivity index (χ2v) is 6.63. The Morgan fingerprint density at radius 3 is 2.70 bits per heavy atom. The summed E-state index contributed by atoms with van der Waals surface area (Å²) >= 11 is 1.94. The molecular weight excluding hydrogens is 266 g/mol. The molecule has 0 saturated carbocycles. The van der Waals surface area contributed by atoms with Crippen LogP contribution in [0, 0.1) is 12.8 Å². The SMILES string of the molecule is Cc1ccc2cc(C(CSCC(C)C)NN)ccc2n1. The number of thioether (sulfide) groups is 1. The molecule has 1 heterocycles. The summed E-state index contributed by atoms with van der Waals surface area (Å²) < 4.78 is 0. The van der Waals surface area contributed by atoms with Gasteiger partial charge in [0.05, 0.1) is 11.6 Å². The van der Waals surface area contributed by atoms with Crippen LogP contribution >= 0.6 is 11.8 Å². The summed E-state index contributed by atoms with van der Waals surface area (Å²) in [6.45, 7) is 6.49. The maximum atomic E-state index is 5.71. The van der Waals surface area contributed by atoms with Gasteiger partial charge in [-0.05, 0) is 42.4 Å². The lowest BCUT2D eigenvalue weighted by molar-refractivity contribution is 0.610. The summed E-state index contributed by atoms with van der Waals surface area (Å²) in [5.74, 6) is 8.57. The molecule has 1 atom stereocenters. The number of aryl methyl sites for hydroxylation is 1. The van der Waals surface area contributed by atoms with Gasteiger partial charge in [0.2, 0.25) is 0 Å². The molecule has 0 bridgehead atoms. The molecule has 3 N–H and O–H groups in total. The van der Waals surface area contributed by atoms with E-state index in [9.17, 15) is 0 Å². The van der Waals surface area contributed by atoms with Crippen LogP contribution < -0.4 is 11.3 Å². The minimum Gasteiger partial charge on any atom is -0.271 e. The third-order valence-electron chi connectivity index (χ3n) is 3.19. The average molecular weight is 289 g/mol. The van der Waals surface area contributed by atoms with Crippen LogP contribution in [0.25, 0.3) is 10.9 Å². The molecule has 0 saturated heterocycles. The van der Waals surface area contributed by atoms with Crippen LogP contribution in [0.2, 0.25) is 0 Å². The van der Waals surface area contributed by atoms with Gasteiger partial charge in [-0.2, -0.15) is 11.8 Å². The van der Waals surface area contributed by atoms with Crippen LogP contribution in [0.5, 0.6) is 0 Å². The molecule has 108 valence electrons. The third kappa shape index (κ3) is 3.95. The lowest BCUT2D eigenvalue weighted by atomic mass is 10.1. The highest BCUT2D eigenvalue weighted by Crippen LogP contribution is 2.23. The van der Waals surface area contributed by atoms with Crippen molar-refractivity contribution < 1.29 is 0 Å². The minimum atomic E-state index is 0.185. The Balaban J connectivity index is 2.15. The van der Waals surface area contributed by atoms with E-state index in [2.05, 4.69) is 48.5 Å². The fourth-order valence-electron chi connectivity index (χ4n) is 2.12. The van der Waals surface area contributed by atoms with Crippen LogP contribution in [0.15, 0.2) is 30.3 Å². The van der Waals surface area contributed by atoms with Crippen molar-refractivity contribution in [1.82, 2.24) is 10.4 Å². The Bertz CT molecular complexity index is 569. The molecule has 2 rings (SSSR count). The summed E-state index contributed by atoms with van der Waals surface area (Å²) in [5, 5.41) is 1.17. The number of hydrazine groups is 1. The molecule has 1 aromatic heterocycles. The zero-order valence-electron chi connectivity index (χ0n) is 12.4. The predicted molar refractivity (Wildman–Crippen MR) is 88.7 cm³/mol. The van der Waals surface area contributed by atoms with Crippen molar-refractivity contribution in [2.24, 2.45) is 11.8 Å². The number of aromatic nitrogens is 1. The van der Waals surface area contributed by atoms with Crippen molar-refractivity contribution in [2.75, 3.05) is 11.5 Å². The van der Waals surface area contributed by atoms with E-state index < -0.39 is 0 Å². The Hall–Kier alpha value is -1.10. The van der Waals surface area contributed by atoms with E-state index in [1.165, 1.54) is 10.9 Å². The molecule has 0 amide bonds. The standard InChI is InChI=1S/C16H23N3S/c1-11(2)9-20-10-16(19-17)14-6-7-15-13(8-14)5-4-12(3)18-15/h4-8,11,16,19H,9-10,17H2,1-3H3. The summed E-state index contributed by atoms with van der Waals surface area (Å²) in [5.41, 5.74) is 6.24. The Kier molecular flexibility index (Phi) is 5.40. The molecule has 0 aliphatic heterocycles. The summed E-state index contributed by atoms with van der Waals surface area (Å²) in [7, 11) is 0. The molecule has 0 spiro atoms. The quantitative estimate of drug-likeness (QED) is 0.632. The van der Waals surface area contributed by atoms with Gasteiger partial charge in [-0.1, -0.05) is 26.0 Å². The number of rotatable bonds is 6. The summed E-state index contributed by atoms with van der Waals surface area (Å²) in [6, 6.07) is 10.7. The van der Waals surface area contributed by atoms with Gasteiger partial charge in [0.15, 0.2) is 0 Å². The van der Waals surface area contributed by atoms with Crippen molar-refractivity contribution in [1.29, 1.82) is 0 Å². The van der Waals surface area contributed by atoms with Crippen molar-refractivity contribution in [3.8, 4) is 0 Å². The molecule has 0 radical (unpaired) electrons. The number of benzene rings is 1. The fourth-order valence-corrected chi connectivity index (χ4v) is 3.26. The van der Waals surface area contributed by atoms with Crippen LogP contribution in [0.1, 0.15) is 31.1 Å². The molecule has 4 heteroatoms. The first kappa shape index (κ1) is 15.3. The van der Waals surface area contributed by atoms with E-state index in [0.29, 0.717) is 5.92 Å². The molecular formula is C16H23N3S. The smallest absolute Gasteiger partial charge is 0.0705 e. The van der Waals surface area contributed by atoms with Crippen molar-refractivity contribution >= 4 is 22.7 Å². The van der Waals surface area contributed by atoms with E-state index >= 15 is 0 Å². The lowest BCUT2D eigenvalue weighted by Crippen LogP contribution is -2.29. The number of nitrogens with one attached hydrogen (secondary N) is 1. The number of fused-ring (bicyclic) bond motifs is 1.